The fourth-order valence-electron chi connectivity index (χ4n) is 1.89. The van der Waals surface area contributed by atoms with Gasteiger partial charge in [0.25, 0.3) is 0 Å². The summed E-state index contributed by atoms with van der Waals surface area (Å²) in [4.78, 5) is 12.0. The summed E-state index contributed by atoms with van der Waals surface area (Å²) in [5, 5.41) is 16.4. The second kappa shape index (κ2) is 6.68. The topological polar surface area (TPSA) is 70.6 Å². The van der Waals surface area contributed by atoms with Crippen molar-refractivity contribution in [2.24, 2.45) is 0 Å². The van der Waals surface area contributed by atoms with Crippen LogP contribution in [0.5, 0.6) is 0 Å². The van der Waals surface area contributed by atoms with E-state index >= 15 is 0 Å². The molecule has 112 valence electrons. The third-order valence-corrected chi connectivity index (χ3v) is 3.90. The van der Waals surface area contributed by atoms with Crippen LogP contribution in [0, 0.1) is 0 Å². The molecule has 0 bridgehead atoms. The third kappa shape index (κ3) is 5.47. The van der Waals surface area contributed by atoms with Crippen molar-refractivity contribution in [1.82, 2.24) is 10.6 Å². The van der Waals surface area contributed by atoms with E-state index in [-0.39, 0.29) is 17.5 Å². The lowest BCUT2D eigenvalue weighted by Crippen LogP contribution is -2.54. The van der Waals surface area contributed by atoms with Crippen LogP contribution >= 0.6 is 0 Å². The number of ether oxygens (including phenoxy) is 1. The zero-order chi connectivity index (χ0) is 14.5. The summed E-state index contributed by atoms with van der Waals surface area (Å²) in [7, 11) is 0. The number of rotatable bonds is 6. The molecule has 1 fully saturated rings. The molecule has 5 nitrogen and oxygen atoms in total. The Bertz CT molecular complexity index is 299. The van der Waals surface area contributed by atoms with Crippen LogP contribution < -0.4 is 10.6 Å². The minimum absolute atomic E-state index is 0.0255. The highest BCUT2D eigenvalue weighted by atomic mass is 16.5. The summed E-state index contributed by atoms with van der Waals surface area (Å²) in [6, 6.07) is -0.308. The Morgan fingerprint density at radius 2 is 2.00 bits per heavy atom. The summed E-state index contributed by atoms with van der Waals surface area (Å²) in [6.45, 7) is 9.47. The van der Waals surface area contributed by atoms with Crippen LogP contribution in [0.3, 0.4) is 0 Å². The third-order valence-electron chi connectivity index (χ3n) is 3.90. The smallest absolute Gasteiger partial charge is 0.237 e. The van der Waals surface area contributed by atoms with Gasteiger partial charge >= 0.3 is 0 Å². The van der Waals surface area contributed by atoms with Crippen LogP contribution in [0.1, 0.15) is 47.0 Å². The van der Waals surface area contributed by atoms with E-state index < -0.39 is 5.60 Å². The molecule has 1 saturated heterocycles. The minimum Gasteiger partial charge on any atom is -0.388 e. The zero-order valence-electron chi connectivity index (χ0n) is 12.6. The van der Waals surface area contributed by atoms with E-state index in [4.69, 9.17) is 4.74 Å². The number of hydrogen-bond acceptors (Lipinski definition) is 4. The van der Waals surface area contributed by atoms with Crippen LogP contribution in [-0.4, -0.2) is 48.0 Å². The second-order valence-electron chi connectivity index (χ2n) is 6.17. The highest BCUT2D eigenvalue weighted by Gasteiger charge is 2.31. The number of nitrogens with one attached hydrogen (secondary N) is 2. The summed E-state index contributed by atoms with van der Waals surface area (Å²) in [5.41, 5.74) is -0.935. The van der Waals surface area contributed by atoms with Gasteiger partial charge in [-0.1, -0.05) is 6.92 Å². The fourth-order valence-corrected chi connectivity index (χ4v) is 1.89. The van der Waals surface area contributed by atoms with Crippen molar-refractivity contribution in [3.63, 3.8) is 0 Å². The van der Waals surface area contributed by atoms with Gasteiger partial charge in [0, 0.05) is 38.1 Å². The number of carbonyl (C=O) groups is 1. The van der Waals surface area contributed by atoms with Crippen molar-refractivity contribution in [1.29, 1.82) is 0 Å². The van der Waals surface area contributed by atoms with Crippen molar-refractivity contribution >= 4 is 5.91 Å². The van der Waals surface area contributed by atoms with Gasteiger partial charge < -0.3 is 20.5 Å². The molecule has 0 saturated carbocycles. The average molecular weight is 272 g/mol. The summed E-state index contributed by atoms with van der Waals surface area (Å²) in [6.07, 6.45) is 2.12. The number of hydrogen-bond donors (Lipinski definition) is 3. The molecule has 19 heavy (non-hydrogen) atoms. The van der Waals surface area contributed by atoms with Crippen molar-refractivity contribution in [3.05, 3.63) is 0 Å². The Morgan fingerprint density at radius 1 is 1.42 bits per heavy atom. The molecule has 5 heteroatoms. The van der Waals surface area contributed by atoms with E-state index in [1.54, 1.807) is 0 Å². The lowest BCUT2D eigenvalue weighted by Gasteiger charge is -2.33. The van der Waals surface area contributed by atoms with E-state index in [2.05, 4.69) is 10.6 Å². The summed E-state index contributed by atoms with van der Waals surface area (Å²) in [5.74, 6) is -0.0255. The van der Waals surface area contributed by atoms with Crippen molar-refractivity contribution < 1.29 is 14.6 Å². The van der Waals surface area contributed by atoms with Gasteiger partial charge in [0.15, 0.2) is 0 Å². The standard InChI is InChI=1S/C14H28N2O3/c1-5-13(3,4)16-12(17)11(2)15-10-14(18)6-8-19-9-7-14/h11,15,18H,5-10H2,1-4H3,(H,16,17). The van der Waals surface area contributed by atoms with Crippen LogP contribution in [0.2, 0.25) is 0 Å². The molecule has 1 aliphatic heterocycles. The van der Waals surface area contributed by atoms with Crippen LogP contribution in [0.4, 0.5) is 0 Å². The van der Waals surface area contributed by atoms with Crippen molar-refractivity contribution in [2.75, 3.05) is 19.8 Å². The van der Waals surface area contributed by atoms with E-state index in [1.165, 1.54) is 0 Å². The Kier molecular flexibility index (Phi) is 5.77. The first kappa shape index (κ1) is 16.4. The van der Waals surface area contributed by atoms with E-state index in [0.29, 0.717) is 32.6 Å². The molecule has 1 aliphatic rings. The molecule has 1 unspecified atom stereocenters. The summed E-state index contributed by atoms with van der Waals surface area (Å²) >= 11 is 0. The van der Waals surface area contributed by atoms with Gasteiger partial charge in [-0.15, -0.1) is 0 Å². The first-order chi connectivity index (χ1) is 8.78. The average Bonchev–Trinajstić information content (AvgIpc) is 2.36. The Hall–Kier alpha value is -0.650. The highest BCUT2D eigenvalue weighted by molar-refractivity contribution is 5.81. The summed E-state index contributed by atoms with van der Waals surface area (Å²) < 4.78 is 5.23. The van der Waals surface area contributed by atoms with E-state index in [1.807, 2.05) is 27.7 Å². The first-order valence-corrected chi connectivity index (χ1v) is 7.13. The minimum atomic E-state index is -0.743. The number of amides is 1. The van der Waals surface area contributed by atoms with Gasteiger partial charge in [0.05, 0.1) is 11.6 Å². The maximum atomic E-state index is 12.0. The van der Waals surface area contributed by atoms with Gasteiger partial charge in [0.1, 0.15) is 0 Å². The van der Waals surface area contributed by atoms with Gasteiger partial charge in [-0.05, 0) is 27.2 Å². The van der Waals surface area contributed by atoms with Crippen LogP contribution in [-0.2, 0) is 9.53 Å². The van der Waals surface area contributed by atoms with E-state index in [9.17, 15) is 9.90 Å². The molecule has 1 rings (SSSR count). The molecule has 3 N–H and O–H groups in total. The molecular weight excluding hydrogens is 244 g/mol. The molecule has 0 aromatic carbocycles. The second-order valence-corrected chi connectivity index (χ2v) is 6.17. The molecule has 0 aromatic heterocycles. The Labute approximate surface area is 116 Å². The van der Waals surface area contributed by atoms with Gasteiger partial charge in [-0.25, -0.2) is 0 Å². The zero-order valence-corrected chi connectivity index (χ0v) is 12.6. The maximum absolute atomic E-state index is 12.0. The van der Waals surface area contributed by atoms with Crippen LogP contribution in [0.25, 0.3) is 0 Å². The maximum Gasteiger partial charge on any atom is 0.237 e. The molecule has 1 heterocycles. The first-order valence-electron chi connectivity index (χ1n) is 7.13. The molecule has 0 spiro atoms. The number of aliphatic hydroxyl groups is 1. The predicted octanol–water partition coefficient (Wildman–Crippen LogP) is 0.811. The van der Waals surface area contributed by atoms with Crippen molar-refractivity contribution in [2.45, 2.75) is 64.1 Å². The molecule has 1 atom stereocenters. The van der Waals surface area contributed by atoms with Gasteiger partial charge in [0.2, 0.25) is 5.91 Å². The van der Waals surface area contributed by atoms with Gasteiger partial charge in [-0.2, -0.15) is 0 Å². The lowest BCUT2D eigenvalue weighted by molar-refractivity contribution is -0.125. The quantitative estimate of drug-likeness (QED) is 0.669. The predicted molar refractivity (Wildman–Crippen MR) is 75.0 cm³/mol. The molecular formula is C14H28N2O3. The molecule has 1 amide bonds. The Balaban J connectivity index is 2.37. The Morgan fingerprint density at radius 3 is 2.53 bits per heavy atom. The molecule has 0 aromatic rings. The number of carbonyl (C=O) groups excluding carboxylic acids is 1. The SMILES string of the molecule is CCC(C)(C)NC(=O)C(C)NCC1(O)CCOCC1. The fraction of sp³-hybridized carbons (Fsp3) is 0.929. The van der Waals surface area contributed by atoms with E-state index in [0.717, 1.165) is 6.42 Å². The lowest BCUT2D eigenvalue weighted by atomic mass is 9.94. The monoisotopic (exact) mass is 272 g/mol. The van der Waals surface area contributed by atoms with Crippen LogP contribution in [0.15, 0.2) is 0 Å². The normalized spacial score (nSPS) is 20.9. The largest absolute Gasteiger partial charge is 0.388 e. The highest BCUT2D eigenvalue weighted by Crippen LogP contribution is 2.19. The van der Waals surface area contributed by atoms with Crippen molar-refractivity contribution in [3.8, 4) is 0 Å². The molecule has 0 aliphatic carbocycles. The molecule has 0 radical (unpaired) electrons. The van der Waals surface area contributed by atoms with Gasteiger partial charge in [-0.3, -0.25) is 4.79 Å².